The third-order valence-electron chi connectivity index (χ3n) is 2.26. The molecule has 0 aromatic heterocycles. The summed E-state index contributed by atoms with van der Waals surface area (Å²) < 4.78 is 0. The third-order valence-corrected chi connectivity index (χ3v) is 2.26. The van der Waals surface area contributed by atoms with Crippen molar-refractivity contribution in [1.29, 1.82) is 0 Å². The van der Waals surface area contributed by atoms with Crippen LogP contribution in [0.4, 0.5) is 4.79 Å². The van der Waals surface area contributed by atoms with Crippen LogP contribution in [-0.2, 0) is 14.5 Å². The van der Waals surface area contributed by atoms with Gasteiger partial charge in [0.15, 0.2) is 0 Å². The van der Waals surface area contributed by atoms with Crippen LogP contribution in [0.3, 0.4) is 0 Å². The molecule has 7 nitrogen and oxygen atoms in total. The van der Waals surface area contributed by atoms with Gasteiger partial charge in [-0.25, -0.2) is 4.79 Å². The monoisotopic (exact) mass is 261 g/mol. The number of nitrogens with one attached hydrogen (secondary N) is 3. The number of imide groups is 1. The van der Waals surface area contributed by atoms with Gasteiger partial charge < -0.3 is 4.84 Å². The van der Waals surface area contributed by atoms with Gasteiger partial charge in [0.05, 0.1) is 5.60 Å². The Morgan fingerprint density at radius 1 is 1.06 bits per heavy atom. The Morgan fingerprint density at radius 3 is 2.06 bits per heavy atom. The van der Waals surface area contributed by atoms with Crippen LogP contribution in [0.5, 0.6) is 0 Å². The highest BCUT2D eigenvalue weighted by molar-refractivity contribution is 5.94. The summed E-state index contributed by atoms with van der Waals surface area (Å²) in [5.41, 5.74) is 3.26. The zero-order valence-electron chi connectivity index (χ0n) is 11.8. The zero-order valence-corrected chi connectivity index (χ0v) is 11.8. The number of hydrogen-bond donors (Lipinski definition) is 3. The molecule has 0 bridgehead atoms. The molecule has 0 saturated carbocycles. The molecule has 0 spiro atoms. The van der Waals surface area contributed by atoms with E-state index in [-0.39, 0.29) is 0 Å². The average molecular weight is 261 g/mol. The Bertz CT molecular complexity index is 297. The van der Waals surface area contributed by atoms with Gasteiger partial charge in [0.1, 0.15) is 0 Å². The lowest BCUT2D eigenvalue weighted by molar-refractivity contribution is -0.145. The fourth-order valence-electron chi connectivity index (χ4n) is 0.689. The zero-order chi connectivity index (χ0) is 14.4. The number of carbonyl (C=O) groups is 2. The first-order chi connectivity index (χ1) is 8.08. The number of rotatable bonds is 5. The molecule has 106 valence electrons. The summed E-state index contributed by atoms with van der Waals surface area (Å²) in [5.74, 6) is -0.395. The molecule has 0 aromatic rings. The molecule has 0 radical (unpaired) electrons. The number of hydrazine groups is 1. The minimum absolute atomic E-state index is 0.395. The summed E-state index contributed by atoms with van der Waals surface area (Å²) >= 11 is 0. The Labute approximate surface area is 107 Å². The predicted octanol–water partition coefficient (Wildman–Crippen LogP) is 1.41. The van der Waals surface area contributed by atoms with Crippen LogP contribution >= 0.6 is 0 Å². The molecule has 0 fully saturated rings. The van der Waals surface area contributed by atoms with Crippen molar-refractivity contribution in [2.24, 2.45) is 5.41 Å². The van der Waals surface area contributed by atoms with Crippen LogP contribution in [0.25, 0.3) is 0 Å². The molecule has 0 aromatic carbocycles. The molecule has 0 saturated heterocycles. The number of carbonyl (C=O) groups excluding carboxylic acids is 2. The molecular formula is C11H23N3O4. The summed E-state index contributed by atoms with van der Waals surface area (Å²) in [5, 5.41) is 2.11. The van der Waals surface area contributed by atoms with E-state index in [4.69, 9.17) is 4.84 Å². The molecule has 7 heteroatoms. The van der Waals surface area contributed by atoms with Crippen LogP contribution in [0.2, 0.25) is 0 Å². The molecule has 0 aliphatic rings. The van der Waals surface area contributed by atoms with Gasteiger partial charge in [-0.2, -0.15) is 0 Å². The molecule has 18 heavy (non-hydrogen) atoms. The molecule has 0 aliphatic carbocycles. The van der Waals surface area contributed by atoms with Crippen molar-refractivity contribution >= 4 is 12.0 Å². The standard InChI is InChI=1S/C11H23N3O4/c1-7-11(5,6)8(15)12-9(16)17-13-14-18-10(2,3)4/h13-14H,7H2,1-6H3,(H,12,15,16). The second kappa shape index (κ2) is 6.67. The highest BCUT2D eigenvalue weighted by Crippen LogP contribution is 2.19. The van der Waals surface area contributed by atoms with E-state index in [1.807, 2.05) is 27.7 Å². The number of hydrogen-bond acceptors (Lipinski definition) is 6. The minimum Gasteiger partial charge on any atom is -0.336 e. The average Bonchev–Trinajstić information content (AvgIpc) is 2.23. The summed E-state index contributed by atoms with van der Waals surface area (Å²) in [6.45, 7) is 10.8. The predicted molar refractivity (Wildman–Crippen MR) is 65.8 cm³/mol. The lowest BCUT2D eigenvalue weighted by Gasteiger charge is -2.21. The van der Waals surface area contributed by atoms with E-state index in [0.717, 1.165) is 0 Å². The van der Waals surface area contributed by atoms with Crippen molar-refractivity contribution in [3.63, 3.8) is 0 Å². The van der Waals surface area contributed by atoms with Gasteiger partial charge in [-0.1, -0.05) is 26.4 Å². The minimum atomic E-state index is -0.897. The van der Waals surface area contributed by atoms with E-state index < -0.39 is 23.0 Å². The van der Waals surface area contributed by atoms with Crippen LogP contribution in [0.1, 0.15) is 48.0 Å². The van der Waals surface area contributed by atoms with Crippen molar-refractivity contribution in [3.8, 4) is 0 Å². The first kappa shape index (κ1) is 16.8. The molecule has 0 atom stereocenters. The van der Waals surface area contributed by atoms with E-state index in [0.29, 0.717) is 6.42 Å². The summed E-state index contributed by atoms with van der Waals surface area (Å²) in [4.78, 5) is 32.3. The second-order valence-electron chi connectivity index (χ2n) is 5.50. The maximum Gasteiger partial charge on any atom is 0.434 e. The largest absolute Gasteiger partial charge is 0.434 e. The van der Waals surface area contributed by atoms with Gasteiger partial charge in [-0.3, -0.25) is 14.9 Å². The maximum atomic E-state index is 11.6. The fourth-order valence-corrected chi connectivity index (χ4v) is 0.689. The Balaban J connectivity index is 3.89. The lowest BCUT2D eigenvalue weighted by Crippen LogP contribution is -2.45. The highest BCUT2D eigenvalue weighted by Gasteiger charge is 2.27. The van der Waals surface area contributed by atoms with Crippen LogP contribution in [0, 0.1) is 5.41 Å². The van der Waals surface area contributed by atoms with Crippen molar-refractivity contribution in [3.05, 3.63) is 0 Å². The van der Waals surface area contributed by atoms with Gasteiger partial charge in [-0.05, 0) is 27.2 Å². The summed E-state index contributed by atoms with van der Waals surface area (Å²) in [6.07, 6.45) is -0.281. The van der Waals surface area contributed by atoms with E-state index in [9.17, 15) is 9.59 Å². The third kappa shape index (κ3) is 7.21. The first-order valence-corrected chi connectivity index (χ1v) is 5.79. The molecule has 0 heterocycles. The second-order valence-corrected chi connectivity index (χ2v) is 5.50. The Morgan fingerprint density at radius 2 is 1.61 bits per heavy atom. The van der Waals surface area contributed by atoms with E-state index in [2.05, 4.69) is 21.3 Å². The molecule has 0 rings (SSSR count). The smallest absolute Gasteiger partial charge is 0.336 e. The highest BCUT2D eigenvalue weighted by atomic mass is 16.8. The van der Waals surface area contributed by atoms with Gasteiger partial charge in [-0.15, -0.1) is 5.59 Å². The maximum absolute atomic E-state index is 11.6. The van der Waals surface area contributed by atoms with Crippen molar-refractivity contribution < 1.29 is 19.3 Å². The molecule has 0 unspecified atom stereocenters. The van der Waals surface area contributed by atoms with Gasteiger partial charge in [0.2, 0.25) is 5.91 Å². The SMILES string of the molecule is CCC(C)(C)C(=O)NC(=O)ONNOC(C)(C)C. The van der Waals surface area contributed by atoms with Crippen molar-refractivity contribution in [2.75, 3.05) is 0 Å². The van der Waals surface area contributed by atoms with E-state index >= 15 is 0 Å². The summed E-state index contributed by atoms with van der Waals surface area (Å²) in [6, 6.07) is 0. The molecule has 2 amide bonds. The first-order valence-electron chi connectivity index (χ1n) is 5.79. The molecular weight excluding hydrogens is 238 g/mol. The van der Waals surface area contributed by atoms with Crippen LogP contribution < -0.4 is 16.5 Å². The van der Waals surface area contributed by atoms with Crippen LogP contribution in [0.15, 0.2) is 0 Å². The molecule has 0 aliphatic heterocycles. The normalized spacial score (nSPS) is 12.1. The van der Waals surface area contributed by atoms with Crippen molar-refractivity contribution in [2.45, 2.75) is 53.6 Å². The van der Waals surface area contributed by atoms with Gasteiger partial charge >= 0.3 is 6.09 Å². The van der Waals surface area contributed by atoms with Crippen LogP contribution in [-0.4, -0.2) is 17.6 Å². The quantitative estimate of drug-likeness (QED) is 0.512. The Hall–Kier alpha value is -1.18. The topological polar surface area (TPSA) is 88.7 Å². The van der Waals surface area contributed by atoms with Gasteiger partial charge in [0.25, 0.3) is 0 Å². The molecule has 3 N–H and O–H groups in total. The van der Waals surface area contributed by atoms with E-state index in [1.54, 1.807) is 13.8 Å². The summed E-state index contributed by atoms with van der Waals surface area (Å²) in [7, 11) is 0. The Kier molecular flexibility index (Phi) is 6.23. The fraction of sp³-hybridized carbons (Fsp3) is 0.818. The lowest BCUT2D eigenvalue weighted by atomic mass is 9.89. The van der Waals surface area contributed by atoms with Crippen molar-refractivity contribution in [1.82, 2.24) is 16.5 Å². The van der Waals surface area contributed by atoms with Gasteiger partial charge in [0, 0.05) is 5.41 Å². The number of amides is 2. The van der Waals surface area contributed by atoms with E-state index in [1.165, 1.54) is 0 Å².